The summed E-state index contributed by atoms with van der Waals surface area (Å²) in [6.07, 6.45) is -0.843. The van der Waals surface area contributed by atoms with Crippen molar-refractivity contribution >= 4 is 5.97 Å². The van der Waals surface area contributed by atoms with Gasteiger partial charge in [0, 0.05) is 5.57 Å². The van der Waals surface area contributed by atoms with Crippen LogP contribution < -0.4 is 0 Å². The molecule has 0 saturated heterocycles. The van der Waals surface area contributed by atoms with Crippen LogP contribution in [0.5, 0.6) is 0 Å². The van der Waals surface area contributed by atoms with Crippen LogP contribution in [0.25, 0.3) is 0 Å². The van der Waals surface area contributed by atoms with Crippen LogP contribution in [0.1, 0.15) is 6.92 Å². The van der Waals surface area contributed by atoms with E-state index in [0.29, 0.717) is 0 Å². The second-order valence-corrected chi connectivity index (χ2v) is 1.77. The smallest absolute Gasteiger partial charge is 0.335 e. The maximum absolute atomic E-state index is 12.1. The van der Waals surface area contributed by atoms with Crippen molar-refractivity contribution in [2.45, 2.75) is 13.3 Å². The van der Waals surface area contributed by atoms with Crippen LogP contribution in [0.3, 0.4) is 0 Å². The van der Waals surface area contributed by atoms with Crippen molar-refractivity contribution < 1.29 is 13.9 Å². The van der Waals surface area contributed by atoms with Gasteiger partial charge in [-0.2, -0.15) is 4.39 Å². The number of carbonyl (C=O) groups excluding carboxylic acids is 1. The molecular formula is C7H9FO2. The summed E-state index contributed by atoms with van der Waals surface area (Å²) >= 11 is 0. The molecule has 2 nitrogen and oxygen atoms in total. The Bertz CT molecular complexity index is 163. The van der Waals surface area contributed by atoms with Gasteiger partial charge in [-0.05, 0) is 13.0 Å². The summed E-state index contributed by atoms with van der Waals surface area (Å²) in [7, 11) is 0. The predicted molar refractivity (Wildman–Crippen MR) is 36.0 cm³/mol. The van der Waals surface area contributed by atoms with Crippen molar-refractivity contribution in [1.29, 1.82) is 0 Å². The van der Waals surface area contributed by atoms with E-state index in [1.54, 1.807) is 0 Å². The largest absolute Gasteiger partial charge is 0.424 e. The minimum atomic E-state index is -1.73. The molecule has 0 saturated carbocycles. The number of halogens is 1. The third-order valence-electron chi connectivity index (χ3n) is 0.753. The lowest BCUT2D eigenvalue weighted by Gasteiger charge is -2.03. The Balaban J connectivity index is 3.79. The molecule has 1 unspecified atom stereocenters. The number of esters is 1. The second kappa shape index (κ2) is 3.82. The zero-order chi connectivity index (χ0) is 8.15. The summed E-state index contributed by atoms with van der Waals surface area (Å²) in [4.78, 5) is 10.5. The van der Waals surface area contributed by atoms with Crippen molar-refractivity contribution in [3.8, 4) is 0 Å². The van der Waals surface area contributed by atoms with Crippen molar-refractivity contribution in [3.63, 3.8) is 0 Å². The molecule has 0 aliphatic heterocycles. The van der Waals surface area contributed by atoms with E-state index in [4.69, 9.17) is 0 Å². The summed E-state index contributed by atoms with van der Waals surface area (Å²) in [5, 5.41) is 0. The minimum absolute atomic E-state index is 0.171. The molecule has 1 atom stereocenters. The SMILES string of the molecule is C=CC(F)OC(=O)C(=C)C. The molecule has 0 spiro atoms. The third kappa shape index (κ3) is 3.02. The summed E-state index contributed by atoms with van der Waals surface area (Å²) in [5.41, 5.74) is 0.171. The van der Waals surface area contributed by atoms with Crippen LogP contribution in [0.4, 0.5) is 4.39 Å². The van der Waals surface area contributed by atoms with Crippen LogP contribution >= 0.6 is 0 Å². The van der Waals surface area contributed by atoms with E-state index in [1.807, 2.05) is 0 Å². The Morgan fingerprint density at radius 1 is 1.80 bits per heavy atom. The van der Waals surface area contributed by atoms with Gasteiger partial charge in [0.2, 0.25) is 0 Å². The lowest BCUT2D eigenvalue weighted by atomic mass is 10.4. The number of hydrogen-bond acceptors (Lipinski definition) is 2. The van der Waals surface area contributed by atoms with Gasteiger partial charge < -0.3 is 4.74 Å². The molecule has 3 heteroatoms. The number of carbonyl (C=O) groups is 1. The topological polar surface area (TPSA) is 26.3 Å². The van der Waals surface area contributed by atoms with Crippen molar-refractivity contribution in [2.24, 2.45) is 0 Å². The fourth-order valence-corrected chi connectivity index (χ4v) is 0.251. The normalized spacial score (nSPS) is 11.8. The second-order valence-electron chi connectivity index (χ2n) is 1.77. The highest BCUT2D eigenvalue weighted by Gasteiger charge is 2.08. The fraction of sp³-hybridized carbons (Fsp3) is 0.286. The molecule has 0 aromatic carbocycles. The maximum Gasteiger partial charge on any atom is 0.335 e. The molecule has 0 fully saturated rings. The monoisotopic (exact) mass is 144 g/mol. The Kier molecular flexibility index (Phi) is 3.39. The molecule has 0 rings (SSSR count). The van der Waals surface area contributed by atoms with E-state index in [-0.39, 0.29) is 5.57 Å². The van der Waals surface area contributed by atoms with Gasteiger partial charge >= 0.3 is 5.97 Å². The molecule has 0 aliphatic rings. The van der Waals surface area contributed by atoms with Crippen LogP contribution in [-0.4, -0.2) is 12.3 Å². The molecular weight excluding hydrogens is 135 g/mol. The molecule has 0 aromatic rings. The summed E-state index contributed by atoms with van der Waals surface area (Å²) in [5.74, 6) is -0.743. The van der Waals surface area contributed by atoms with Crippen LogP contribution in [0.2, 0.25) is 0 Å². The molecule has 0 N–H and O–H groups in total. The predicted octanol–water partition coefficient (Wildman–Crippen LogP) is 1.59. The molecule has 0 amide bonds. The Morgan fingerprint density at radius 2 is 2.30 bits per heavy atom. The average molecular weight is 144 g/mol. The van der Waals surface area contributed by atoms with Crippen molar-refractivity contribution in [2.75, 3.05) is 0 Å². The first-order valence-corrected chi connectivity index (χ1v) is 2.71. The van der Waals surface area contributed by atoms with Gasteiger partial charge in [0.1, 0.15) is 0 Å². The van der Waals surface area contributed by atoms with Gasteiger partial charge in [0.25, 0.3) is 6.36 Å². The van der Waals surface area contributed by atoms with E-state index in [2.05, 4.69) is 17.9 Å². The third-order valence-corrected chi connectivity index (χ3v) is 0.753. The molecule has 0 heterocycles. The molecule has 10 heavy (non-hydrogen) atoms. The Hall–Kier alpha value is -1.12. The Morgan fingerprint density at radius 3 is 2.60 bits per heavy atom. The van der Waals surface area contributed by atoms with E-state index in [0.717, 1.165) is 6.08 Å². The van der Waals surface area contributed by atoms with E-state index in [1.165, 1.54) is 6.92 Å². The number of ether oxygens (including phenoxy) is 1. The van der Waals surface area contributed by atoms with Gasteiger partial charge in [0.05, 0.1) is 0 Å². The first kappa shape index (κ1) is 8.88. The van der Waals surface area contributed by atoms with E-state index < -0.39 is 12.3 Å². The van der Waals surface area contributed by atoms with Crippen molar-refractivity contribution in [3.05, 3.63) is 24.8 Å². The highest BCUT2D eigenvalue weighted by molar-refractivity contribution is 5.87. The molecule has 0 radical (unpaired) electrons. The van der Waals surface area contributed by atoms with Gasteiger partial charge in [0.15, 0.2) is 0 Å². The summed E-state index contributed by atoms with van der Waals surface area (Å²) in [6, 6.07) is 0. The lowest BCUT2D eigenvalue weighted by molar-refractivity contribution is -0.148. The van der Waals surface area contributed by atoms with E-state index in [9.17, 15) is 9.18 Å². The molecule has 0 aromatic heterocycles. The molecule has 0 aliphatic carbocycles. The average Bonchev–Trinajstić information content (AvgIpc) is 1.87. The van der Waals surface area contributed by atoms with Gasteiger partial charge in [-0.1, -0.05) is 13.2 Å². The standard InChI is InChI=1S/C7H9FO2/c1-4-6(8)10-7(9)5(2)3/h4,6H,1-2H2,3H3. The van der Waals surface area contributed by atoms with Crippen molar-refractivity contribution in [1.82, 2.24) is 0 Å². The molecule has 56 valence electrons. The number of alkyl halides is 1. The zero-order valence-corrected chi connectivity index (χ0v) is 5.76. The van der Waals surface area contributed by atoms with Gasteiger partial charge in [-0.25, -0.2) is 4.79 Å². The zero-order valence-electron chi connectivity index (χ0n) is 5.76. The summed E-state index contributed by atoms with van der Waals surface area (Å²) < 4.78 is 16.3. The highest BCUT2D eigenvalue weighted by Crippen LogP contribution is 1.99. The Labute approximate surface area is 59.0 Å². The van der Waals surface area contributed by atoms with Crippen LogP contribution in [-0.2, 0) is 9.53 Å². The van der Waals surface area contributed by atoms with Gasteiger partial charge in [-0.15, -0.1) is 0 Å². The quantitative estimate of drug-likeness (QED) is 0.341. The summed E-state index contributed by atoms with van der Waals surface area (Å²) in [6.45, 7) is 7.80. The van der Waals surface area contributed by atoms with Gasteiger partial charge in [-0.3, -0.25) is 0 Å². The first-order valence-electron chi connectivity index (χ1n) is 2.71. The number of rotatable bonds is 3. The maximum atomic E-state index is 12.1. The fourth-order valence-electron chi connectivity index (χ4n) is 0.251. The van der Waals surface area contributed by atoms with Crippen LogP contribution in [0.15, 0.2) is 24.8 Å². The highest BCUT2D eigenvalue weighted by atomic mass is 19.1. The minimum Gasteiger partial charge on any atom is -0.424 e. The molecule has 0 bridgehead atoms. The van der Waals surface area contributed by atoms with E-state index >= 15 is 0 Å². The first-order chi connectivity index (χ1) is 4.57. The van der Waals surface area contributed by atoms with Crippen LogP contribution in [0, 0.1) is 0 Å². The number of hydrogen-bond donors (Lipinski definition) is 0. The lowest BCUT2D eigenvalue weighted by Crippen LogP contribution is -2.11.